The number of imide groups is 1. The van der Waals surface area contributed by atoms with Crippen molar-refractivity contribution in [2.24, 2.45) is 5.92 Å². The van der Waals surface area contributed by atoms with Gasteiger partial charge in [-0.2, -0.15) is 0 Å². The van der Waals surface area contributed by atoms with E-state index in [-0.39, 0.29) is 11.9 Å². The Morgan fingerprint density at radius 1 is 1.18 bits per heavy atom. The minimum absolute atomic E-state index is 0.215. The van der Waals surface area contributed by atoms with E-state index >= 15 is 0 Å². The fourth-order valence-electron chi connectivity index (χ4n) is 1.83. The molecule has 1 fully saturated rings. The second-order valence-electron chi connectivity index (χ2n) is 4.99. The Kier molecular flexibility index (Phi) is 5.97. The average molecular weight is 241 g/mol. The summed E-state index contributed by atoms with van der Waals surface area (Å²) in [5, 5.41) is 5.01. The molecule has 2 N–H and O–H groups in total. The van der Waals surface area contributed by atoms with Crippen molar-refractivity contribution >= 4 is 11.9 Å². The number of nitrogens with one attached hydrogen (secondary N) is 2. The Morgan fingerprint density at radius 2 is 1.82 bits per heavy atom. The first-order valence-corrected chi connectivity index (χ1v) is 6.38. The third-order valence-corrected chi connectivity index (χ3v) is 2.74. The lowest BCUT2D eigenvalue weighted by molar-refractivity contribution is -0.121. The molecule has 0 spiro atoms. The van der Waals surface area contributed by atoms with E-state index in [1.54, 1.807) is 0 Å². The molecule has 1 saturated heterocycles. The number of urea groups is 1. The molecule has 5 heteroatoms. The van der Waals surface area contributed by atoms with Crippen molar-refractivity contribution in [1.82, 2.24) is 15.5 Å². The molecule has 1 rings (SSSR count). The molecule has 0 aromatic heterocycles. The Morgan fingerprint density at radius 3 is 2.41 bits per heavy atom. The minimum atomic E-state index is -0.388. The van der Waals surface area contributed by atoms with Crippen LogP contribution in [0.1, 0.15) is 33.1 Å². The van der Waals surface area contributed by atoms with Crippen LogP contribution in [0.3, 0.4) is 0 Å². The molecule has 98 valence electrons. The molecule has 3 amide bonds. The largest absolute Gasteiger partial charge is 0.338 e. The van der Waals surface area contributed by atoms with Gasteiger partial charge in [-0.15, -0.1) is 0 Å². The van der Waals surface area contributed by atoms with Gasteiger partial charge in [-0.05, 0) is 31.8 Å². The van der Waals surface area contributed by atoms with Crippen LogP contribution in [-0.4, -0.2) is 43.0 Å². The molecule has 0 unspecified atom stereocenters. The van der Waals surface area contributed by atoms with Crippen molar-refractivity contribution < 1.29 is 9.59 Å². The second-order valence-corrected chi connectivity index (χ2v) is 4.99. The summed E-state index contributed by atoms with van der Waals surface area (Å²) in [6, 6.07) is -0.388. The van der Waals surface area contributed by atoms with Gasteiger partial charge in [0.2, 0.25) is 5.91 Å². The molecule has 0 saturated carbocycles. The van der Waals surface area contributed by atoms with Crippen LogP contribution in [-0.2, 0) is 4.79 Å². The van der Waals surface area contributed by atoms with Crippen LogP contribution in [0.2, 0.25) is 0 Å². The van der Waals surface area contributed by atoms with Gasteiger partial charge in [-0.3, -0.25) is 15.0 Å². The molecule has 0 aliphatic carbocycles. The van der Waals surface area contributed by atoms with E-state index in [2.05, 4.69) is 15.5 Å². The highest BCUT2D eigenvalue weighted by Crippen LogP contribution is 2.07. The molecule has 0 aromatic rings. The summed E-state index contributed by atoms with van der Waals surface area (Å²) in [6.07, 6.45) is 3.53. The smallest absolute Gasteiger partial charge is 0.321 e. The van der Waals surface area contributed by atoms with Crippen LogP contribution in [0, 0.1) is 5.92 Å². The molecular formula is C12H23N3O2. The summed E-state index contributed by atoms with van der Waals surface area (Å²) >= 11 is 0. The quantitative estimate of drug-likeness (QED) is 0.770. The van der Waals surface area contributed by atoms with E-state index in [4.69, 9.17) is 0 Å². The number of amides is 3. The third kappa shape index (κ3) is 6.26. The number of rotatable bonds is 4. The summed E-state index contributed by atoms with van der Waals surface area (Å²) < 4.78 is 0. The zero-order chi connectivity index (χ0) is 12.7. The van der Waals surface area contributed by atoms with Gasteiger partial charge in [0.1, 0.15) is 0 Å². The van der Waals surface area contributed by atoms with Gasteiger partial charge in [0.05, 0.1) is 6.54 Å². The van der Waals surface area contributed by atoms with Crippen molar-refractivity contribution in [2.75, 3.05) is 26.2 Å². The molecule has 0 radical (unpaired) electrons. The van der Waals surface area contributed by atoms with Crippen LogP contribution in [0.25, 0.3) is 0 Å². The molecule has 17 heavy (non-hydrogen) atoms. The van der Waals surface area contributed by atoms with Crippen LogP contribution in [0.15, 0.2) is 0 Å². The fourth-order valence-corrected chi connectivity index (χ4v) is 1.83. The van der Waals surface area contributed by atoms with Crippen LogP contribution >= 0.6 is 0 Å². The van der Waals surface area contributed by atoms with Crippen molar-refractivity contribution in [3.05, 3.63) is 0 Å². The average Bonchev–Trinajstić information content (AvgIpc) is 2.27. The lowest BCUT2D eigenvalue weighted by Gasteiger charge is -2.25. The van der Waals surface area contributed by atoms with E-state index < -0.39 is 0 Å². The zero-order valence-corrected chi connectivity index (χ0v) is 10.8. The summed E-state index contributed by atoms with van der Waals surface area (Å²) in [6.45, 7) is 6.85. The van der Waals surface area contributed by atoms with Crippen molar-refractivity contribution in [3.8, 4) is 0 Å². The van der Waals surface area contributed by atoms with E-state index in [1.807, 2.05) is 13.8 Å². The van der Waals surface area contributed by atoms with E-state index in [9.17, 15) is 9.59 Å². The minimum Gasteiger partial charge on any atom is -0.338 e. The third-order valence-electron chi connectivity index (χ3n) is 2.74. The summed E-state index contributed by atoms with van der Waals surface area (Å²) in [7, 11) is 0. The van der Waals surface area contributed by atoms with Gasteiger partial charge in [-0.25, -0.2) is 4.79 Å². The number of hydrogen-bond donors (Lipinski definition) is 2. The Hall–Kier alpha value is -1.10. The molecule has 0 bridgehead atoms. The SMILES string of the molecule is CC(C)CNC(=O)NC(=O)CN1CCCCC1. The maximum atomic E-state index is 11.6. The van der Waals surface area contributed by atoms with Gasteiger partial charge in [0, 0.05) is 6.54 Å². The summed E-state index contributed by atoms with van der Waals surface area (Å²) in [4.78, 5) is 25.0. The van der Waals surface area contributed by atoms with Crippen LogP contribution < -0.4 is 10.6 Å². The number of piperidine rings is 1. The van der Waals surface area contributed by atoms with Gasteiger partial charge in [0.15, 0.2) is 0 Å². The first kappa shape index (κ1) is 14.0. The molecule has 0 aromatic carbocycles. The number of carbonyl (C=O) groups is 2. The van der Waals surface area contributed by atoms with Crippen molar-refractivity contribution in [2.45, 2.75) is 33.1 Å². The van der Waals surface area contributed by atoms with Gasteiger partial charge < -0.3 is 5.32 Å². The molecule has 1 heterocycles. The first-order chi connectivity index (χ1) is 8.08. The highest BCUT2D eigenvalue weighted by molar-refractivity contribution is 5.95. The lowest BCUT2D eigenvalue weighted by Crippen LogP contribution is -2.46. The highest BCUT2D eigenvalue weighted by atomic mass is 16.2. The number of hydrogen-bond acceptors (Lipinski definition) is 3. The first-order valence-electron chi connectivity index (χ1n) is 6.38. The topological polar surface area (TPSA) is 61.4 Å². The van der Waals surface area contributed by atoms with Crippen LogP contribution in [0.5, 0.6) is 0 Å². The molecule has 1 aliphatic heterocycles. The fraction of sp³-hybridized carbons (Fsp3) is 0.833. The summed E-state index contributed by atoms with van der Waals surface area (Å²) in [5.41, 5.74) is 0. The maximum absolute atomic E-state index is 11.6. The Balaban J connectivity index is 2.17. The predicted molar refractivity (Wildman–Crippen MR) is 66.7 cm³/mol. The Labute approximate surface area is 103 Å². The van der Waals surface area contributed by atoms with E-state index in [0.717, 1.165) is 25.9 Å². The number of carbonyl (C=O) groups excluding carboxylic acids is 2. The van der Waals surface area contributed by atoms with Gasteiger partial charge >= 0.3 is 6.03 Å². The highest BCUT2D eigenvalue weighted by Gasteiger charge is 2.15. The normalized spacial score (nSPS) is 16.9. The standard InChI is InChI=1S/C12H23N3O2/c1-10(2)8-13-12(17)14-11(16)9-15-6-4-3-5-7-15/h10H,3-9H2,1-2H3,(H2,13,14,16,17). The van der Waals surface area contributed by atoms with Gasteiger partial charge in [-0.1, -0.05) is 20.3 Å². The molecular weight excluding hydrogens is 218 g/mol. The van der Waals surface area contributed by atoms with E-state index in [1.165, 1.54) is 6.42 Å². The maximum Gasteiger partial charge on any atom is 0.321 e. The molecule has 5 nitrogen and oxygen atoms in total. The van der Waals surface area contributed by atoms with Crippen molar-refractivity contribution in [3.63, 3.8) is 0 Å². The zero-order valence-electron chi connectivity index (χ0n) is 10.8. The molecule has 0 atom stereocenters. The number of likely N-dealkylation sites (tertiary alicyclic amines) is 1. The van der Waals surface area contributed by atoms with E-state index in [0.29, 0.717) is 19.0 Å². The molecule has 1 aliphatic rings. The lowest BCUT2D eigenvalue weighted by atomic mass is 10.1. The monoisotopic (exact) mass is 241 g/mol. The van der Waals surface area contributed by atoms with Gasteiger partial charge in [0.25, 0.3) is 0 Å². The number of nitrogens with zero attached hydrogens (tertiary/aromatic N) is 1. The second kappa shape index (κ2) is 7.27. The summed E-state index contributed by atoms with van der Waals surface area (Å²) in [5.74, 6) is 0.172. The van der Waals surface area contributed by atoms with Crippen LogP contribution in [0.4, 0.5) is 4.79 Å². The van der Waals surface area contributed by atoms with Crippen molar-refractivity contribution in [1.29, 1.82) is 0 Å². The predicted octanol–water partition coefficient (Wildman–Crippen LogP) is 0.954. The Bertz CT molecular complexity index is 260.